The fourth-order valence-corrected chi connectivity index (χ4v) is 2.51. The topological polar surface area (TPSA) is 49.4 Å². The molecule has 1 rings (SSSR count). The Labute approximate surface area is 125 Å². The number of nitrogens with zero attached hydrogens (tertiary/aromatic N) is 1. The molecule has 0 bridgehead atoms. The molecule has 0 fully saturated rings. The van der Waals surface area contributed by atoms with Crippen molar-refractivity contribution in [3.8, 4) is 0 Å². The highest BCUT2D eigenvalue weighted by Gasteiger charge is 2.16. The summed E-state index contributed by atoms with van der Waals surface area (Å²) in [5.74, 6) is -1.51. The van der Waals surface area contributed by atoms with Crippen molar-refractivity contribution < 1.29 is 17.2 Å². The maximum Gasteiger partial charge on any atom is 0.149 e. The average molecular weight is 320 g/mol. The van der Waals surface area contributed by atoms with Crippen molar-refractivity contribution >= 4 is 15.5 Å². The van der Waals surface area contributed by atoms with Gasteiger partial charge in [0.2, 0.25) is 0 Å². The summed E-state index contributed by atoms with van der Waals surface area (Å²) < 4.78 is 50.3. The van der Waals surface area contributed by atoms with Gasteiger partial charge in [0.15, 0.2) is 0 Å². The number of nitrogens with one attached hydrogen (secondary N) is 1. The van der Waals surface area contributed by atoms with Crippen molar-refractivity contribution in [3.63, 3.8) is 0 Å². The number of hydrogen-bond donors (Lipinski definition) is 1. The monoisotopic (exact) mass is 320 g/mol. The van der Waals surface area contributed by atoms with Crippen molar-refractivity contribution in [2.45, 2.75) is 19.9 Å². The first-order chi connectivity index (χ1) is 9.74. The van der Waals surface area contributed by atoms with Crippen LogP contribution >= 0.6 is 0 Å². The van der Waals surface area contributed by atoms with E-state index in [4.69, 9.17) is 0 Å². The van der Waals surface area contributed by atoms with Gasteiger partial charge >= 0.3 is 0 Å². The van der Waals surface area contributed by atoms with Gasteiger partial charge in [-0.2, -0.15) is 0 Å². The molecule has 0 unspecified atom stereocenters. The van der Waals surface area contributed by atoms with Crippen molar-refractivity contribution in [2.75, 3.05) is 37.0 Å². The number of rotatable bonds is 8. The first-order valence-electron chi connectivity index (χ1n) is 6.82. The van der Waals surface area contributed by atoms with E-state index in [-0.39, 0.29) is 18.0 Å². The van der Waals surface area contributed by atoms with Crippen molar-refractivity contribution in [2.24, 2.45) is 0 Å². The van der Waals surface area contributed by atoms with E-state index in [0.717, 1.165) is 19.2 Å². The fourth-order valence-electron chi connectivity index (χ4n) is 1.91. The molecule has 1 aromatic rings. The summed E-state index contributed by atoms with van der Waals surface area (Å²) in [6, 6.07) is 2.55. The molecule has 0 aliphatic rings. The maximum atomic E-state index is 14.0. The average Bonchev–Trinajstić information content (AvgIpc) is 2.35. The van der Waals surface area contributed by atoms with Crippen molar-refractivity contribution in [1.29, 1.82) is 0 Å². The maximum absolute atomic E-state index is 14.0. The van der Waals surface area contributed by atoms with Crippen molar-refractivity contribution in [3.05, 3.63) is 29.3 Å². The minimum atomic E-state index is -3.17. The third-order valence-electron chi connectivity index (χ3n) is 3.01. The first-order valence-corrected chi connectivity index (χ1v) is 8.88. The number of benzene rings is 1. The summed E-state index contributed by atoms with van der Waals surface area (Å²) in [5, 5.41) is 3.07. The standard InChI is InChI=1S/C14H22F2N2O2S/c1-4-5-17-10-11-8-12(15)14(13(16)9-11)18(2)6-7-21(3,19)20/h8-9,17H,4-7,10H2,1-3H3. The minimum absolute atomic E-state index is 0.0418. The lowest BCUT2D eigenvalue weighted by atomic mass is 10.1. The smallest absolute Gasteiger partial charge is 0.149 e. The zero-order chi connectivity index (χ0) is 16.0. The van der Waals surface area contributed by atoms with E-state index < -0.39 is 21.5 Å². The van der Waals surface area contributed by atoms with Gasteiger partial charge in [-0.25, -0.2) is 17.2 Å². The highest BCUT2D eigenvalue weighted by atomic mass is 32.2. The van der Waals surface area contributed by atoms with Crippen LogP contribution in [0.5, 0.6) is 0 Å². The highest BCUT2D eigenvalue weighted by molar-refractivity contribution is 7.90. The van der Waals surface area contributed by atoms with Crippen LogP contribution in [0, 0.1) is 11.6 Å². The Morgan fingerprint density at radius 2 is 1.81 bits per heavy atom. The lowest BCUT2D eigenvalue weighted by Crippen LogP contribution is -2.26. The first kappa shape index (κ1) is 17.8. The predicted molar refractivity (Wildman–Crippen MR) is 81.3 cm³/mol. The predicted octanol–water partition coefficient (Wildman–Crippen LogP) is 1.95. The molecule has 0 radical (unpaired) electrons. The van der Waals surface area contributed by atoms with Gasteiger partial charge < -0.3 is 10.2 Å². The van der Waals surface area contributed by atoms with E-state index in [1.807, 2.05) is 6.92 Å². The molecular weight excluding hydrogens is 298 g/mol. The number of halogens is 2. The zero-order valence-corrected chi connectivity index (χ0v) is 13.4. The molecular formula is C14H22F2N2O2S. The number of sulfone groups is 1. The van der Waals surface area contributed by atoms with Gasteiger partial charge in [0.25, 0.3) is 0 Å². The molecule has 21 heavy (non-hydrogen) atoms. The molecule has 1 aromatic carbocycles. The Hall–Kier alpha value is -1.21. The molecule has 0 saturated carbocycles. The SMILES string of the molecule is CCCNCc1cc(F)c(N(C)CCS(C)(=O)=O)c(F)c1. The zero-order valence-electron chi connectivity index (χ0n) is 12.6. The minimum Gasteiger partial charge on any atom is -0.369 e. The Balaban J connectivity index is 2.83. The van der Waals surface area contributed by atoms with Gasteiger partial charge in [-0.15, -0.1) is 0 Å². The van der Waals surface area contributed by atoms with Crippen LogP contribution in [-0.2, 0) is 16.4 Å². The highest BCUT2D eigenvalue weighted by Crippen LogP contribution is 2.24. The third-order valence-corrected chi connectivity index (χ3v) is 3.94. The molecule has 0 spiro atoms. The summed E-state index contributed by atoms with van der Waals surface area (Å²) in [4.78, 5) is 1.29. The summed E-state index contributed by atoms with van der Waals surface area (Å²) in [7, 11) is -1.70. The fraction of sp³-hybridized carbons (Fsp3) is 0.571. The Morgan fingerprint density at radius 3 is 2.29 bits per heavy atom. The van der Waals surface area contributed by atoms with Crippen LogP contribution in [0.1, 0.15) is 18.9 Å². The van der Waals surface area contributed by atoms with Gasteiger partial charge in [-0.3, -0.25) is 0 Å². The van der Waals surface area contributed by atoms with Crippen LogP contribution in [0.3, 0.4) is 0 Å². The Morgan fingerprint density at radius 1 is 1.24 bits per heavy atom. The summed E-state index contributed by atoms with van der Waals surface area (Å²) >= 11 is 0. The second-order valence-corrected chi connectivity index (χ2v) is 7.40. The second kappa shape index (κ2) is 7.70. The van der Waals surface area contributed by atoms with E-state index in [0.29, 0.717) is 12.1 Å². The summed E-state index contributed by atoms with van der Waals surface area (Å²) in [6.45, 7) is 3.22. The molecule has 0 heterocycles. The van der Waals surface area contributed by atoms with Crippen LogP contribution in [0.4, 0.5) is 14.5 Å². The summed E-state index contributed by atoms with van der Waals surface area (Å²) in [5.41, 5.74) is 0.330. The van der Waals surface area contributed by atoms with Gasteiger partial charge in [-0.05, 0) is 30.7 Å². The Kier molecular flexibility index (Phi) is 6.54. The van der Waals surface area contributed by atoms with E-state index in [1.54, 1.807) is 0 Å². The summed E-state index contributed by atoms with van der Waals surface area (Å²) in [6.07, 6.45) is 2.04. The van der Waals surface area contributed by atoms with E-state index in [1.165, 1.54) is 24.1 Å². The molecule has 0 amide bonds. The van der Waals surface area contributed by atoms with Gasteiger partial charge in [0.1, 0.15) is 27.2 Å². The third kappa shape index (κ3) is 5.97. The van der Waals surface area contributed by atoms with Crippen LogP contribution in [0.25, 0.3) is 0 Å². The van der Waals surface area contributed by atoms with Crippen molar-refractivity contribution in [1.82, 2.24) is 5.32 Å². The van der Waals surface area contributed by atoms with Crippen LogP contribution in [0.2, 0.25) is 0 Å². The Bertz CT molecular complexity index is 553. The quantitative estimate of drug-likeness (QED) is 0.744. The molecule has 0 aromatic heterocycles. The van der Waals surface area contributed by atoms with E-state index in [9.17, 15) is 17.2 Å². The van der Waals surface area contributed by atoms with Crippen LogP contribution in [-0.4, -0.2) is 40.6 Å². The van der Waals surface area contributed by atoms with Gasteiger partial charge in [0, 0.05) is 26.4 Å². The molecule has 120 valence electrons. The van der Waals surface area contributed by atoms with E-state index >= 15 is 0 Å². The second-order valence-electron chi connectivity index (χ2n) is 5.14. The van der Waals surface area contributed by atoms with E-state index in [2.05, 4.69) is 5.32 Å². The number of anilines is 1. The molecule has 7 heteroatoms. The molecule has 1 N–H and O–H groups in total. The van der Waals surface area contributed by atoms with Gasteiger partial charge in [-0.1, -0.05) is 6.92 Å². The van der Waals surface area contributed by atoms with Gasteiger partial charge in [0.05, 0.1) is 5.75 Å². The molecule has 0 atom stereocenters. The molecule has 0 saturated heterocycles. The molecule has 0 aliphatic carbocycles. The lowest BCUT2D eigenvalue weighted by Gasteiger charge is -2.20. The normalized spacial score (nSPS) is 11.7. The van der Waals surface area contributed by atoms with Crippen LogP contribution < -0.4 is 10.2 Å². The lowest BCUT2D eigenvalue weighted by molar-refractivity contribution is 0.569. The largest absolute Gasteiger partial charge is 0.369 e. The number of hydrogen-bond acceptors (Lipinski definition) is 4. The molecule has 4 nitrogen and oxygen atoms in total. The van der Waals surface area contributed by atoms with Crippen LogP contribution in [0.15, 0.2) is 12.1 Å². The molecule has 0 aliphatic heterocycles.